The van der Waals surface area contributed by atoms with Gasteiger partial charge in [0, 0.05) is 17.4 Å². The summed E-state index contributed by atoms with van der Waals surface area (Å²) < 4.78 is 5.16. The number of hydrogen-bond acceptors (Lipinski definition) is 3. The van der Waals surface area contributed by atoms with E-state index in [1.54, 1.807) is 31.4 Å². The Morgan fingerprint density at radius 2 is 1.72 bits per heavy atom. The van der Waals surface area contributed by atoms with E-state index < -0.39 is 0 Å². The van der Waals surface area contributed by atoms with Gasteiger partial charge in [0.2, 0.25) is 5.91 Å². The summed E-state index contributed by atoms with van der Waals surface area (Å²) in [5.74, 6) is 0.616. The van der Waals surface area contributed by atoms with Crippen LogP contribution in [0.25, 0.3) is 0 Å². The maximum atomic E-state index is 12.1. The zero-order valence-electron chi connectivity index (χ0n) is 14.0. The summed E-state index contributed by atoms with van der Waals surface area (Å²) in [5.41, 5.74) is 2.25. The lowest BCUT2D eigenvalue weighted by molar-refractivity contribution is -0.115. The van der Waals surface area contributed by atoms with Crippen LogP contribution in [0, 0.1) is 0 Å². The molecule has 0 aromatic heterocycles. The Kier molecular flexibility index (Phi) is 5.18. The molecule has 0 atom stereocenters. The molecule has 2 aromatic carbocycles. The van der Waals surface area contributed by atoms with Crippen LogP contribution < -0.4 is 20.7 Å². The number of anilines is 2. The second kappa shape index (κ2) is 7.70. The van der Waals surface area contributed by atoms with Gasteiger partial charge < -0.3 is 20.7 Å². The van der Waals surface area contributed by atoms with E-state index in [9.17, 15) is 9.59 Å². The van der Waals surface area contributed by atoms with Crippen LogP contribution in [-0.2, 0) is 11.2 Å². The maximum absolute atomic E-state index is 12.1. The van der Waals surface area contributed by atoms with E-state index in [-0.39, 0.29) is 18.4 Å². The van der Waals surface area contributed by atoms with Gasteiger partial charge in [0.05, 0.1) is 13.5 Å². The van der Waals surface area contributed by atoms with Gasteiger partial charge in [0.25, 0.3) is 0 Å². The lowest BCUT2D eigenvalue weighted by atomic mass is 10.1. The number of urea groups is 1. The first-order valence-electron chi connectivity index (χ1n) is 8.23. The van der Waals surface area contributed by atoms with E-state index in [0.717, 1.165) is 24.2 Å². The van der Waals surface area contributed by atoms with Crippen LogP contribution in [0.3, 0.4) is 0 Å². The van der Waals surface area contributed by atoms with Crippen LogP contribution in [0.1, 0.15) is 18.4 Å². The Bertz CT molecular complexity index is 755. The normalized spacial score (nSPS) is 13.0. The molecule has 0 bridgehead atoms. The number of benzene rings is 2. The molecule has 0 spiro atoms. The summed E-state index contributed by atoms with van der Waals surface area (Å²) >= 11 is 0. The molecule has 3 rings (SSSR count). The van der Waals surface area contributed by atoms with Gasteiger partial charge >= 0.3 is 6.03 Å². The van der Waals surface area contributed by atoms with Crippen molar-refractivity contribution >= 4 is 23.3 Å². The van der Waals surface area contributed by atoms with Crippen molar-refractivity contribution < 1.29 is 14.3 Å². The van der Waals surface area contributed by atoms with Gasteiger partial charge in [-0.25, -0.2) is 4.79 Å². The summed E-state index contributed by atoms with van der Waals surface area (Å²) in [5, 5.41) is 8.47. The van der Waals surface area contributed by atoms with E-state index in [4.69, 9.17) is 4.74 Å². The standard InChI is InChI=1S/C19H21N3O3/c1-25-17-4-2-3-13(11-17)12-18(23)20-14-5-7-15(8-6-14)21-19(24)22-16-9-10-16/h2-8,11,16H,9-10,12H2,1H3,(H,20,23)(H2,21,22,24). The minimum atomic E-state index is -0.197. The van der Waals surface area contributed by atoms with Crippen molar-refractivity contribution in [3.05, 3.63) is 54.1 Å². The molecule has 1 fully saturated rings. The molecule has 1 aliphatic carbocycles. The molecule has 130 valence electrons. The Balaban J connectivity index is 1.51. The van der Waals surface area contributed by atoms with Crippen LogP contribution in [0.15, 0.2) is 48.5 Å². The minimum absolute atomic E-state index is 0.111. The van der Waals surface area contributed by atoms with Gasteiger partial charge in [-0.15, -0.1) is 0 Å². The summed E-state index contributed by atoms with van der Waals surface area (Å²) in [6.45, 7) is 0. The molecule has 0 radical (unpaired) electrons. The molecule has 0 heterocycles. The SMILES string of the molecule is COc1cccc(CC(=O)Nc2ccc(NC(=O)NC3CC3)cc2)c1. The zero-order chi connectivity index (χ0) is 17.6. The second-order valence-corrected chi connectivity index (χ2v) is 6.03. The number of amides is 3. The highest BCUT2D eigenvalue weighted by atomic mass is 16.5. The van der Waals surface area contributed by atoms with Gasteiger partial charge in [0.15, 0.2) is 0 Å². The zero-order valence-corrected chi connectivity index (χ0v) is 14.0. The molecule has 2 aromatic rings. The van der Waals surface area contributed by atoms with E-state index in [0.29, 0.717) is 17.4 Å². The Hall–Kier alpha value is -3.02. The summed E-state index contributed by atoms with van der Waals surface area (Å²) in [6, 6.07) is 14.6. The van der Waals surface area contributed by atoms with E-state index >= 15 is 0 Å². The lowest BCUT2D eigenvalue weighted by Crippen LogP contribution is -2.30. The van der Waals surface area contributed by atoms with Gasteiger partial charge in [-0.05, 0) is 54.8 Å². The monoisotopic (exact) mass is 339 g/mol. The Morgan fingerprint density at radius 3 is 2.36 bits per heavy atom. The van der Waals surface area contributed by atoms with E-state index in [1.807, 2.05) is 24.3 Å². The maximum Gasteiger partial charge on any atom is 0.319 e. The smallest absolute Gasteiger partial charge is 0.319 e. The van der Waals surface area contributed by atoms with Gasteiger partial charge in [-0.3, -0.25) is 4.79 Å². The predicted octanol–water partition coefficient (Wildman–Crippen LogP) is 3.16. The van der Waals surface area contributed by atoms with Crippen LogP contribution >= 0.6 is 0 Å². The number of rotatable bonds is 6. The minimum Gasteiger partial charge on any atom is -0.497 e. The third-order valence-corrected chi connectivity index (χ3v) is 3.84. The van der Waals surface area contributed by atoms with Crippen LogP contribution in [-0.4, -0.2) is 25.1 Å². The summed E-state index contributed by atoms with van der Waals surface area (Å²) in [7, 11) is 1.60. The van der Waals surface area contributed by atoms with E-state index in [2.05, 4.69) is 16.0 Å². The van der Waals surface area contributed by atoms with Gasteiger partial charge in [-0.2, -0.15) is 0 Å². The fourth-order valence-electron chi connectivity index (χ4n) is 2.39. The van der Waals surface area contributed by atoms with Crippen molar-refractivity contribution in [1.29, 1.82) is 0 Å². The first-order chi connectivity index (χ1) is 12.1. The molecule has 0 unspecified atom stereocenters. The second-order valence-electron chi connectivity index (χ2n) is 6.03. The number of nitrogens with one attached hydrogen (secondary N) is 3. The highest BCUT2D eigenvalue weighted by Crippen LogP contribution is 2.19. The van der Waals surface area contributed by atoms with Crippen molar-refractivity contribution in [1.82, 2.24) is 5.32 Å². The molecule has 3 N–H and O–H groups in total. The number of ether oxygens (including phenoxy) is 1. The topological polar surface area (TPSA) is 79.5 Å². The molecule has 0 aliphatic heterocycles. The van der Waals surface area contributed by atoms with Crippen molar-refractivity contribution in [2.24, 2.45) is 0 Å². The van der Waals surface area contributed by atoms with Crippen LogP contribution in [0.5, 0.6) is 5.75 Å². The van der Waals surface area contributed by atoms with Gasteiger partial charge in [-0.1, -0.05) is 12.1 Å². The van der Waals surface area contributed by atoms with Crippen molar-refractivity contribution in [3.8, 4) is 5.75 Å². The quantitative estimate of drug-likeness (QED) is 0.756. The molecule has 0 saturated heterocycles. The number of hydrogen-bond donors (Lipinski definition) is 3. The molecule has 6 heteroatoms. The number of carbonyl (C=O) groups excluding carboxylic acids is 2. The largest absolute Gasteiger partial charge is 0.497 e. The fourth-order valence-corrected chi connectivity index (χ4v) is 2.39. The Morgan fingerprint density at radius 1 is 1.04 bits per heavy atom. The van der Waals surface area contributed by atoms with Crippen molar-refractivity contribution in [2.45, 2.75) is 25.3 Å². The fraction of sp³-hybridized carbons (Fsp3) is 0.263. The highest BCUT2D eigenvalue weighted by Gasteiger charge is 2.23. The average molecular weight is 339 g/mol. The molecule has 6 nitrogen and oxygen atoms in total. The highest BCUT2D eigenvalue weighted by molar-refractivity contribution is 5.93. The molecule has 3 amide bonds. The van der Waals surface area contributed by atoms with Crippen molar-refractivity contribution in [3.63, 3.8) is 0 Å². The Labute approximate surface area is 146 Å². The van der Waals surface area contributed by atoms with Crippen LogP contribution in [0.2, 0.25) is 0 Å². The molecule has 1 saturated carbocycles. The van der Waals surface area contributed by atoms with Crippen molar-refractivity contribution in [2.75, 3.05) is 17.7 Å². The lowest BCUT2D eigenvalue weighted by Gasteiger charge is -2.09. The third-order valence-electron chi connectivity index (χ3n) is 3.84. The molecular weight excluding hydrogens is 318 g/mol. The number of carbonyl (C=O) groups is 2. The first kappa shape index (κ1) is 16.8. The molecule has 1 aliphatic rings. The van der Waals surface area contributed by atoms with E-state index in [1.165, 1.54) is 0 Å². The summed E-state index contributed by atoms with van der Waals surface area (Å²) in [4.78, 5) is 23.8. The van der Waals surface area contributed by atoms with Gasteiger partial charge in [0.1, 0.15) is 5.75 Å². The average Bonchev–Trinajstić information content (AvgIpc) is 3.40. The number of methoxy groups -OCH3 is 1. The third kappa shape index (κ3) is 5.24. The predicted molar refractivity (Wildman–Crippen MR) is 96.9 cm³/mol. The first-order valence-corrected chi connectivity index (χ1v) is 8.23. The molecular formula is C19H21N3O3. The molecule has 25 heavy (non-hydrogen) atoms. The van der Waals surface area contributed by atoms with Crippen LogP contribution in [0.4, 0.5) is 16.2 Å². The summed E-state index contributed by atoms with van der Waals surface area (Å²) in [6.07, 6.45) is 2.36.